The van der Waals surface area contributed by atoms with Gasteiger partial charge in [0.1, 0.15) is 35.3 Å². The van der Waals surface area contributed by atoms with Gasteiger partial charge in [-0.2, -0.15) is 0 Å². The summed E-state index contributed by atoms with van der Waals surface area (Å²) in [5.74, 6) is 0.669. The van der Waals surface area contributed by atoms with Crippen molar-refractivity contribution in [3.63, 3.8) is 0 Å². The average Bonchev–Trinajstić information content (AvgIpc) is 3.44. The van der Waals surface area contributed by atoms with Crippen molar-refractivity contribution < 1.29 is 22.3 Å². The number of pyridine rings is 1. The van der Waals surface area contributed by atoms with Gasteiger partial charge in [0.05, 0.1) is 52.3 Å². The molecule has 218 valence electrons. The van der Waals surface area contributed by atoms with Crippen molar-refractivity contribution in [2.24, 2.45) is 0 Å². The Morgan fingerprint density at radius 3 is 2.69 bits per heavy atom. The van der Waals surface area contributed by atoms with Gasteiger partial charge in [0.25, 0.3) is 0 Å². The molecule has 0 aliphatic carbocycles. The fourth-order valence-electron chi connectivity index (χ4n) is 3.88. The number of nitrogens with one attached hydrogen (secondary N) is 1. The summed E-state index contributed by atoms with van der Waals surface area (Å²) in [5.41, 5.74) is 3.31. The highest BCUT2D eigenvalue weighted by Gasteiger charge is 2.16. The van der Waals surface area contributed by atoms with Crippen molar-refractivity contribution in [2.45, 2.75) is 32.3 Å². The summed E-state index contributed by atoms with van der Waals surface area (Å²) in [5, 5.41) is 6.55. The van der Waals surface area contributed by atoms with E-state index in [0.29, 0.717) is 49.8 Å². The van der Waals surface area contributed by atoms with E-state index in [0.717, 1.165) is 5.39 Å². The second kappa shape index (κ2) is 13.1. The summed E-state index contributed by atoms with van der Waals surface area (Å²) < 4.78 is 48.7. The van der Waals surface area contributed by atoms with Gasteiger partial charge in [-0.25, -0.2) is 27.8 Å². The Kier molecular flexibility index (Phi) is 9.27. The van der Waals surface area contributed by atoms with Crippen LogP contribution in [0.2, 0.25) is 5.02 Å². The van der Waals surface area contributed by atoms with Crippen LogP contribution in [0.15, 0.2) is 66.4 Å². The number of fused-ring (bicyclic) bond motifs is 1. The molecular weight excluding hydrogens is 601 g/mol. The number of rotatable bonds is 12. The normalized spacial score (nSPS) is 11.7. The van der Waals surface area contributed by atoms with E-state index in [1.54, 1.807) is 44.3 Å². The van der Waals surface area contributed by atoms with Crippen LogP contribution in [-0.4, -0.2) is 46.0 Å². The zero-order valence-electron chi connectivity index (χ0n) is 22.8. The molecule has 0 aliphatic rings. The highest BCUT2D eigenvalue weighted by molar-refractivity contribution is 7.92. The molecule has 0 atom stereocenters. The summed E-state index contributed by atoms with van der Waals surface area (Å²) >= 11 is 7.88. The van der Waals surface area contributed by atoms with Gasteiger partial charge in [-0.3, -0.25) is 4.98 Å². The minimum Gasteiger partial charge on any atom is -0.487 e. The molecule has 0 saturated heterocycles. The number of nitrogens with zero attached hydrogens (tertiary/aromatic N) is 4. The maximum Gasteiger partial charge on any atom is 0.154 e. The van der Waals surface area contributed by atoms with Crippen molar-refractivity contribution in [1.29, 1.82) is 0 Å². The molecule has 0 fully saturated rings. The van der Waals surface area contributed by atoms with Gasteiger partial charge in [0.15, 0.2) is 9.84 Å². The molecule has 0 radical (unpaired) electrons. The molecule has 3 aromatic heterocycles. The quantitative estimate of drug-likeness (QED) is 0.153. The van der Waals surface area contributed by atoms with Gasteiger partial charge >= 0.3 is 0 Å². The molecule has 9 nitrogen and oxygen atoms in total. The monoisotopic (exact) mass is 627 g/mol. The highest BCUT2D eigenvalue weighted by Crippen LogP contribution is 2.32. The number of hydrogen-bond acceptors (Lipinski definition) is 10. The van der Waals surface area contributed by atoms with Crippen LogP contribution in [0.3, 0.4) is 0 Å². The summed E-state index contributed by atoms with van der Waals surface area (Å²) in [6.45, 7) is 3.82. The van der Waals surface area contributed by atoms with E-state index >= 15 is 0 Å². The fraction of sp³-hybridized carbons (Fsp3) is 0.241. The van der Waals surface area contributed by atoms with Crippen molar-refractivity contribution in [2.75, 3.05) is 17.7 Å². The first kappa shape index (κ1) is 29.8. The summed E-state index contributed by atoms with van der Waals surface area (Å²) in [4.78, 5) is 17.8. The van der Waals surface area contributed by atoms with Gasteiger partial charge in [0, 0.05) is 16.5 Å². The van der Waals surface area contributed by atoms with E-state index in [-0.39, 0.29) is 31.4 Å². The molecule has 13 heteroatoms. The number of anilines is 2. The van der Waals surface area contributed by atoms with Gasteiger partial charge in [0.2, 0.25) is 0 Å². The van der Waals surface area contributed by atoms with Crippen LogP contribution in [0.25, 0.3) is 22.3 Å². The topological polar surface area (TPSA) is 116 Å². The minimum atomic E-state index is -3.15. The number of halogens is 2. The van der Waals surface area contributed by atoms with Crippen molar-refractivity contribution >= 4 is 55.2 Å². The Hall–Kier alpha value is -3.71. The smallest absolute Gasteiger partial charge is 0.154 e. The first-order valence-corrected chi connectivity index (χ1v) is 15.9. The predicted octanol–water partition coefficient (Wildman–Crippen LogP) is 6.60. The van der Waals surface area contributed by atoms with E-state index in [4.69, 9.17) is 21.1 Å². The Bertz CT molecular complexity index is 1820. The Balaban J connectivity index is 1.27. The molecule has 0 spiro atoms. The van der Waals surface area contributed by atoms with Gasteiger partial charge in [-0.1, -0.05) is 23.7 Å². The maximum atomic E-state index is 13.4. The molecule has 5 rings (SSSR count). The zero-order chi connectivity index (χ0) is 29.7. The Morgan fingerprint density at radius 2 is 1.90 bits per heavy atom. The molecule has 42 heavy (non-hydrogen) atoms. The minimum absolute atomic E-state index is 0.0270. The number of thiazole rings is 1. The molecule has 2 aromatic carbocycles. The number of benzene rings is 2. The zero-order valence-corrected chi connectivity index (χ0v) is 25.1. The van der Waals surface area contributed by atoms with Crippen LogP contribution >= 0.6 is 22.9 Å². The van der Waals surface area contributed by atoms with Crippen LogP contribution in [0.1, 0.15) is 24.4 Å². The summed E-state index contributed by atoms with van der Waals surface area (Å²) in [6.07, 6.45) is 3.10. The number of ether oxygens (including phenoxy) is 2. The van der Waals surface area contributed by atoms with Gasteiger partial charge < -0.3 is 14.8 Å². The third-order valence-electron chi connectivity index (χ3n) is 6.27. The first-order valence-electron chi connectivity index (χ1n) is 13.0. The predicted molar refractivity (Wildman–Crippen MR) is 162 cm³/mol. The maximum absolute atomic E-state index is 13.4. The number of sulfone groups is 1. The second-order valence-corrected chi connectivity index (χ2v) is 13.6. The molecule has 3 heterocycles. The van der Waals surface area contributed by atoms with E-state index in [2.05, 4.69) is 25.3 Å². The number of hydrogen-bond donors (Lipinski definition) is 1. The third kappa shape index (κ3) is 7.37. The molecule has 0 amide bonds. The Labute approximate surface area is 251 Å². The lowest BCUT2D eigenvalue weighted by atomic mass is 10.2. The SMILES string of the molecule is CC(C)S(=O)(=O)CCOCc1nc(-c2cc3c(Nc4ccc(OCc5cccc(F)c5)c(Cl)c4)ncnc3cn2)cs1. The number of aromatic nitrogens is 4. The summed E-state index contributed by atoms with van der Waals surface area (Å²) in [7, 11) is -3.15. The fourth-order valence-corrected chi connectivity index (χ4v) is 5.66. The third-order valence-corrected chi connectivity index (χ3v) is 9.56. The lowest BCUT2D eigenvalue weighted by Gasteiger charge is -2.12. The van der Waals surface area contributed by atoms with E-state index in [1.165, 1.54) is 29.8 Å². The van der Waals surface area contributed by atoms with Crippen LogP contribution in [0.4, 0.5) is 15.9 Å². The van der Waals surface area contributed by atoms with E-state index < -0.39 is 15.1 Å². The van der Waals surface area contributed by atoms with Gasteiger partial charge in [-0.15, -0.1) is 11.3 Å². The lowest BCUT2D eigenvalue weighted by Crippen LogP contribution is -2.20. The second-order valence-electron chi connectivity index (χ2n) is 9.59. The standard InChI is InChI=1S/C29H27ClFN5O4S2/c1-18(2)42(37,38)9-8-39-15-28-36-26(16-41-28)24-12-22-25(13-32-24)33-17-34-29(22)35-21-6-7-27(23(30)11-21)40-14-19-4-3-5-20(31)10-19/h3-7,10-13,16-18H,8-9,14-15H2,1-2H3,(H,33,34,35). The average molecular weight is 628 g/mol. The largest absolute Gasteiger partial charge is 0.487 e. The molecule has 0 unspecified atom stereocenters. The van der Waals surface area contributed by atoms with Crippen molar-refractivity contribution in [3.8, 4) is 17.1 Å². The van der Waals surface area contributed by atoms with Crippen LogP contribution in [0.5, 0.6) is 5.75 Å². The van der Waals surface area contributed by atoms with Crippen molar-refractivity contribution in [3.05, 3.63) is 87.8 Å². The molecule has 0 bridgehead atoms. The van der Waals surface area contributed by atoms with Crippen LogP contribution < -0.4 is 10.1 Å². The van der Waals surface area contributed by atoms with E-state index in [9.17, 15) is 12.8 Å². The molecule has 5 aromatic rings. The van der Waals surface area contributed by atoms with Crippen LogP contribution in [-0.2, 0) is 27.8 Å². The molecule has 1 N–H and O–H groups in total. The van der Waals surface area contributed by atoms with Gasteiger partial charge in [-0.05, 0) is 55.8 Å². The van der Waals surface area contributed by atoms with Crippen LogP contribution in [0, 0.1) is 5.82 Å². The highest BCUT2D eigenvalue weighted by atomic mass is 35.5. The van der Waals surface area contributed by atoms with Crippen molar-refractivity contribution in [1.82, 2.24) is 19.9 Å². The first-order chi connectivity index (χ1) is 20.2. The lowest BCUT2D eigenvalue weighted by molar-refractivity contribution is 0.135. The molecule has 0 saturated carbocycles. The molecule has 0 aliphatic heterocycles. The Morgan fingerprint density at radius 1 is 1.05 bits per heavy atom. The molecular formula is C29H27ClFN5O4S2. The van der Waals surface area contributed by atoms with E-state index in [1.807, 2.05) is 17.5 Å². The summed E-state index contributed by atoms with van der Waals surface area (Å²) in [6, 6.07) is 13.3.